The maximum Gasteiger partial charge on any atom is 0.472 e. The molecule has 0 saturated heterocycles. The summed E-state index contributed by atoms with van der Waals surface area (Å²) in [5, 5.41) is 73.7. The summed E-state index contributed by atoms with van der Waals surface area (Å²) < 4.78 is 22.6. The number of carbonyl (C=O) groups excluding carboxylic acids is 1. The van der Waals surface area contributed by atoms with Gasteiger partial charge in [-0.05, 0) is 32.1 Å². The minimum Gasteiger partial charge on any atom is -0.393 e. The number of carbonyl (C=O) groups is 1. The molecule has 8 unspecified atom stereocenters. The van der Waals surface area contributed by atoms with Crippen LogP contribution in [-0.4, -0.2) is 108 Å². The van der Waals surface area contributed by atoms with Gasteiger partial charge in [0.15, 0.2) is 0 Å². The first kappa shape index (κ1) is 45.8. The van der Waals surface area contributed by atoms with Crippen LogP contribution in [0.15, 0.2) is 24.3 Å². The molecule has 1 saturated carbocycles. The van der Waals surface area contributed by atoms with Crippen LogP contribution < -0.4 is 5.32 Å². The topological polar surface area (TPSA) is 226 Å². The number of allylic oxidation sites excluding steroid dienone is 3. The zero-order valence-electron chi connectivity index (χ0n) is 29.6. The lowest BCUT2D eigenvalue weighted by Crippen LogP contribution is -2.64. The molecular formula is C35H66NO12P. The van der Waals surface area contributed by atoms with Crippen LogP contribution in [0.1, 0.15) is 129 Å². The van der Waals surface area contributed by atoms with E-state index in [0.717, 1.165) is 44.9 Å². The Morgan fingerprint density at radius 3 is 1.80 bits per heavy atom. The van der Waals surface area contributed by atoms with Crippen molar-refractivity contribution in [1.29, 1.82) is 0 Å². The minimum absolute atomic E-state index is 0.251. The second-order valence-electron chi connectivity index (χ2n) is 13.3. The van der Waals surface area contributed by atoms with E-state index in [-0.39, 0.29) is 6.42 Å². The molecule has 13 nitrogen and oxygen atoms in total. The Balaban J connectivity index is 2.74. The van der Waals surface area contributed by atoms with Gasteiger partial charge in [0.25, 0.3) is 0 Å². The molecule has 0 aromatic heterocycles. The van der Waals surface area contributed by atoms with E-state index in [0.29, 0.717) is 12.8 Å². The predicted molar refractivity (Wildman–Crippen MR) is 187 cm³/mol. The molecule has 0 radical (unpaired) electrons. The largest absolute Gasteiger partial charge is 0.472 e. The minimum atomic E-state index is -5.13. The molecule has 8 atom stereocenters. The Hall–Kier alpha value is -1.22. The van der Waals surface area contributed by atoms with Crippen LogP contribution in [-0.2, 0) is 18.4 Å². The number of phosphoric ester groups is 1. The summed E-state index contributed by atoms with van der Waals surface area (Å²) in [6.07, 6.45) is 10.4. The summed E-state index contributed by atoms with van der Waals surface area (Å²) >= 11 is 0. The smallest absolute Gasteiger partial charge is 0.393 e. The van der Waals surface area contributed by atoms with Crippen LogP contribution >= 0.6 is 7.82 Å². The average molecular weight is 724 g/mol. The van der Waals surface area contributed by atoms with Crippen molar-refractivity contribution in [1.82, 2.24) is 5.32 Å². The number of amides is 1. The highest BCUT2D eigenvalue weighted by Crippen LogP contribution is 2.47. The monoisotopic (exact) mass is 723 g/mol. The highest BCUT2D eigenvalue weighted by atomic mass is 31.2. The third-order valence-electron chi connectivity index (χ3n) is 8.79. The van der Waals surface area contributed by atoms with Gasteiger partial charge < -0.3 is 46.0 Å². The number of nitrogens with one attached hydrogen (secondary N) is 1. The molecule has 0 bridgehead atoms. The second-order valence-corrected chi connectivity index (χ2v) is 14.7. The van der Waals surface area contributed by atoms with Gasteiger partial charge in [-0.25, -0.2) is 4.57 Å². The van der Waals surface area contributed by atoms with Crippen LogP contribution in [0.4, 0.5) is 0 Å². The number of hydrogen-bond acceptors (Lipinski definition) is 11. The van der Waals surface area contributed by atoms with Gasteiger partial charge in [0, 0.05) is 0 Å². The summed E-state index contributed by atoms with van der Waals surface area (Å²) in [5.41, 5.74) is 0. The molecule has 1 amide bonds. The SMILES string of the molecule is CCCCCCC/C=C/CC/C=C/C(O)C(COP(=O)(O)OC1C(O)C(O)C(O)C(O)C1O)NC(=O)CC(O)CCCCCCCCCC. The molecule has 14 heteroatoms. The zero-order chi connectivity index (χ0) is 36.7. The molecule has 0 heterocycles. The molecule has 0 aromatic rings. The predicted octanol–water partition coefficient (Wildman–Crippen LogP) is 3.69. The molecule has 9 N–H and O–H groups in total. The van der Waals surface area contributed by atoms with E-state index in [4.69, 9.17) is 9.05 Å². The number of hydrogen-bond donors (Lipinski definition) is 9. The zero-order valence-corrected chi connectivity index (χ0v) is 30.5. The van der Waals surface area contributed by atoms with Gasteiger partial charge >= 0.3 is 7.82 Å². The standard InChI is InChI=1S/C35H66NO12P/c1-3-5-7-9-11-13-14-15-17-19-21-23-28(38)27(36-29(39)24-26(37)22-20-18-16-12-10-8-6-4-2)25-47-49(45,46)48-35-33(43)31(41)30(40)32(42)34(35)44/h14-15,21,23,26-28,30-35,37-38,40-44H,3-13,16-20,22,24-25H2,1-2H3,(H,36,39)(H,45,46)/b15-14+,23-21+. The van der Waals surface area contributed by atoms with Gasteiger partial charge in [0.1, 0.15) is 36.6 Å². The van der Waals surface area contributed by atoms with Crippen LogP contribution in [0, 0.1) is 0 Å². The average Bonchev–Trinajstić information content (AvgIpc) is 3.06. The Labute approximate surface area is 293 Å². The number of aliphatic hydroxyl groups is 7. The quantitative estimate of drug-likeness (QED) is 0.0320. The van der Waals surface area contributed by atoms with Crippen LogP contribution in [0.3, 0.4) is 0 Å². The Kier molecular flexibility index (Phi) is 24.8. The van der Waals surface area contributed by atoms with Crippen molar-refractivity contribution in [3.8, 4) is 0 Å². The maximum absolute atomic E-state index is 12.8. The lowest BCUT2D eigenvalue weighted by Gasteiger charge is -2.41. The summed E-state index contributed by atoms with van der Waals surface area (Å²) in [6, 6.07) is -1.25. The van der Waals surface area contributed by atoms with Crippen molar-refractivity contribution in [2.75, 3.05) is 6.61 Å². The van der Waals surface area contributed by atoms with Crippen molar-refractivity contribution >= 4 is 13.7 Å². The van der Waals surface area contributed by atoms with E-state index in [2.05, 4.69) is 31.3 Å². The molecule has 0 spiro atoms. The molecule has 1 aliphatic carbocycles. The van der Waals surface area contributed by atoms with Crippen molar-refractivity contribution < 1.29 is 59.0 Å². The van der Waals surface area contributed by atoms with Crippen LogP contribution in [0.2, 0.25) is 0 Å². The van der Waals surface area contributed by atoms with E-state index in [1.165, 1.54) is 57.4 Å². The molecule has 1 aliphatic rings. The second kappa shape index (κ2) is 26.5. The summed E-state index contributed by atoms with van der Waals surface area (Å²) in [4.78, 5) is 23.1. The van der Waals surface area contributed by atoms with Crippen LogP contribution in [0.5, 0.6) is 0 Å². The third-order valence-corrected chi connectivity index (χ3v) is 9.78. The van der Waals surface area contributed by atoms with Crippen molar-refractivity contribution in [2.24, 2.45) is 0 Å². The molecule has 0 aliphatic heterocycles. The van der Waals surface area contributed by atoms with Gasteiger partial charge in [0.2, 0.25) is 5.91 Å². The fourth-order valence-electron chi connectivity index (χ4n) is 5.67. The van der Waals surface area contributed by atoms with Gasteiger partial charge in [-0.1, -0.05) is 115 Å². The van der Waals surface area contributed by atoms with E-state index in [9.17, 15) is 50.0 Å². The van der Waals surface area contributed by atoms with Crippen molar-refractivity contribution in [3.63, 3.8) is 0 Å². The van der Waals surface area contributed by atoms with E-state index in [1.807, 2.05) is 0 Å². The molecule has 49 heavy (non-hydrogen) atoms. The molecule has 1 fully saturated rings. The van der Waals surface area contributed by atoms with Gasteiger partial charge in [-0.3, -0.25) is 13.8 Å². The summed E-state index contributed by atoms with van der Waals surface area (Å²) in [5.74, 6) is -0.609. The van der Waals surface area contributed by atoms with Crippen molar-refractivity contribution in [2.45, 2.75) is 184 Å². The number of aliphatic hydroxyl groups excluding tert-OH is 7. The number of unbranched alkanes of at least 4 members (excludes halogenated alkanes) is 13. The Bertz CT molecular complexity index is 953. The lowest BCUT2D eigenvalue weighted by atomic mass is 9.85. The van der Waals surface area contributed by atoms with Gasteiger partial charge in [0.05, 0.1) is 31.3 Å². The highest BCUT2D eigenvalue weighted by Gasteiger charge is 2.51. The van der Waals surface area contributed by atoms with E-state index in [1.54, 1.807) is 6.08 Å². The maximum atomic E-state index is 12.8. The van der Waals surface area contributed by atoms with Gasteiger partial charge in [-0.2, -0.15) is 0 Å². The first-order valence-corrected chi connectivity index (χ1v) is 19.9. The molecule has 1 rings (SSSR count). The molecule has 288 valence electrons. The Morgan fingerprint density at radius 1 is 0.714 bits per heavy atom. The fourth-order valence-corrected chi connectivity index (χ4v) is 6.63. The first-order valence-electron chi connectivity index (χ1n) is 18.4. The number of rotatable bonds is 28. The van der Waals surface area contributed by atoms with E-state index < -0.39 is 75.2 Å². The third kappa shape index (κ3) is 19.8. The molecular weight excluding hydrogens is 657 g/mol. The Morgan fingerprint density at radius 2 is 1.20 bits per heavy atom. The fraction of sp³-hybridized carbons (Fsp3) is 0.857. The van der Waals surface area contributed by atoms with E-state index >= 15 is 0 Å². The summed E-state index contributed by atoms with van der Waals surface area (Å²) in [6.45, 7) is 3.60. The highest BCUT2D eigenvalue weighted by molar-refractivity contribution is 7.47. The molecule has 0 aromatic carbocycles. The first-order chi connectivity index (χ1) is 23.3. The van der Waals surface area contributed by atoms with Gasteiger partial charge in [-0.15, -0.1) is 0 Å². The lowest BCUT2D eigenvalue weighted by molar-refractivity contribution is -0.220. The summed E-state index contributed by atoms with van der Waals surface area (Å²) in [7, 11) is -5.13. The van der Waals surface area contributed by atoms with Crippen LogP contribution in [0.25, 0.3) is 0 Å². The van der Waals surface area contributed by atoms with Crippen molar-refractivity contribution in [3.05, 3.63) is 24.3 Å². The number of phosphoric acid groups is 1. The normalized spacial score (nSPS) is 26.2.